The second kappa shape index (κ2) is 8.01. The summed E-state index contributed by atoms with van der Waals surface area (Å²) in [5.41, 5.74) is -0.000984. The molecule has 0 aromatic heterocycles. The maximum Gasteiger partial charge on any atom is 0.282 e. The van der Waals surface area contributed by atoms with E-state index >= 15 is 0 Å². The van der Waals surface area contributed by atoms with E-state index in [1.165, 1.54) is 0 Å². The van der Waals surface area contributed by atoms with Crippen LogP contribution in [-0.2, 0) is 14.2 Å². The molecule has 3 atom stereocenters. The molecule has 0 aromatic carbocycles. The van der Waals surface area contributed by atoms with Gasteiger partial charge >= 0.3 is 0 Å². The first kappa shape index (κ1) is 18.6. The summed E-state index contributed by atoms with van der Waals surface area (Å²) < 4.78 is 17.3. The van der Waals surface area contributed by atoms with Gasteiger partial charge in [-0.1, -0.05) is 29.4 Å². The van der Waals surface area contributed by atoms with Gasteiger partial charge in [-0.25, -0.2) is 0 Å². The van der Waals surface area contributed by atoms with E-state index in [9.17, 15) is 9.81 Å². The van der Waals surface area contributed by atoms with Crippen LogP contribution in [0.1, 0.15) is 45.4 Å². The summed E-state index contributed by atoms with van der Waals surface area (Å²) >= 11 is 0. The van der Waals surface area contributed by atoms with Gasteiger partial charge in [0, 0.05) is 11.8 Å². The van der Waals surface area contributed by atoms with Crippen molar-refractivity contribution in [2.45, 2.75) is 57.5 Å². The van der Waals surface area contributed by atoms with Crippen LogP contribution >= 0.6 is 0 Å². The maximum atomic E-state index is 10.9. The minimum atomic E-state index is -0.843. The van der Waals surface area contributed by atoms with Crippen molar-refractivity contribution in [2.24, 2.45) is 27.6 Å². The Morgan fingerprint density at radius 1 is 1.08 bits per heavy atom. The first-order chi connectivity index (χ1) is 12.1. The lowest BCUT2D eigenvalue weighted by atomic mass is 9.90. The zero-order chi connectivity index (χ0) is 17.8. The van der Waals surface area contributed by atoms with Gasteiger partial charge in [-0.05, 0) is 43.9 Å². The van der Waals surface area contributed by atoms with Crippen LogP contribution in [0.3, 0.4) is 0 Å². The Morgan fingerprint density at radius 2 is 1.80 bits per heavy atom. The van der Waals surface area contributed by atoms with Crippen LogP contribution in [0.25, 0.3) is 0 Å². The van der Waals surface area contributed by atoms with E-state index in [4.69, 9.17) is 14.2 Å². The topological polar surface area (TPSA) is 86.6 Å². The van der Waals surface area contributed by atoms with Crippen LogP contribution in [0.4, 0.5) is 0 Å². The Kier molecular flexibility index (Phi) is 5.96. The molecule has 4 fully saturated rings. The first-order valence-electron chi connectivity index (χ1n) is 9.28. The summed E-state index contributed by atoms with van der Waals surface area (Å²) in [5, 5.41) is 6.24. The highest BCUT2D eigenvalue weighted by Crippen LogP contribution is 2.40. The Bertz CT molecular complexity index is 485. The Hall–Kier alpha value is -1.18. The van der Waals surface area contributed by atoms with Crippen LogP contribution in [0, 0.1) is 27.1 Å². The summed E-state index contributed by atoms with van der Waals surface area (Å²) in [7, 11) is 0. The van der Waals surface area contributed by atoms with Gasteiger partial charge in [0.25, 0.3) is 5.97 Å². The van der Waals surface area contributed by atoms with Crippen molar-refractivity contribution >= 4 is 0 Å². The molecular weight excluding hydrogens is 324 g/mol. The van der Waals surface area contributed by atoms with Crippen LogP contribution in [-0.4, -0.2) is 38.4 Å². The molecule has 3 aliphatic heterocycles. The fourth-order valence-corrected chi connectivity index (χ4v) is 4.06. The normalized spacial score (nSPS) is 40.6. The van der Waals surface area contributed by atoms with E-state index in [-0.39, 0.29) is 29.8 Å². The van der Waals surface area contributed by atoms with Gasteiger partial charge in [-0.15, -0.1) is 0 Å². The van der Waals surface area contributed by atoms with Crippen LogP contribution in [0.15, 0.2) is 22.5 Å². The van der Waals surface area contributed by atoms with Crippen LogP contribution in [0.2, 0.25) is 0 Å². The summed E-state index contributed by atoms with van der Waals surface area (Å²) in [6.45, 7) is 4.47. The van der Waals surface area contributed by atoms with E-state index in [2.05, 4.69) is 29.4 Å². The van der Waals surface area contributed by atoms with Crippen molar-refractivity contribution in [3.05, 3.63) is 22.0 Å². The van der Waals surface area contributed by atoms with E-state index in [1.807, 2.05) is 0 Å². The van der Waals surface area contributed by atoms with Crippen LogP contribution < -0.4 is 0 Å². The third kappa shape index (κ3) is 4.33. The molecule has 2 bridgehead atoms. The maximum absolute atomic E-state index is 10.9. The molecular formula is C18H28N2O5. The SMILES string of the molecule is CC12COC(CCC/C=C\C[C@@H]3[C@@H](CN=O)CC[C@@H]3N=O)(OC1)OC2. The highest BCUT2D eigenvalue weighted by Gasteiger charge is 2.49. The van der Waals surface area contributed by atoms with Gasteiger partial charge in [0.2, 0.25) is 0 Å². The second-order valence-electron chi connectivity index (χ2n) is 7.94. The third-order valence-corrected chi connectivity index (χ3v) is 5.73. The molecule has 1 aliphatic carbocycles. The van der Waals surface area contributed by atoms with E-state index in [1.54, 1.807) is 0 Å². The number of unbranched alkanes of at least 4 members (excludes halogenated alkanes) is 1. The van der Waals surface area contributed by atoms with Crippen molar-refractivity contribution < 1.29 is 14.2 Å². The molecule has 0 unspecified atom stereocenters. The molecule has 0 N–H and O–H groups in total. The quantitative estimate of drug-likeness (QED) is 0.358. The fraction of sp³-hybridized carbons (Fsp3) is 0.889. The standard InChI is InChI=1S/C18H28N2O5/c1-17-11-23-18(24-12-17,25-13-17)9-5-3-2-4-6-15-14(10-19-21)7-8-16(15)20-22/h2,4,14-16H,3,5-13H2,1H3/b4-2-/t14-,15-,16+,17?,18?/m1/s1. The molecule has 3 saturated heterocycles. The predicted molar refractivity (Wildman–Crippen MR) is 92.8 cm³/mol. The highest BCUT2D eigenvalue weighted by atomic mass is 16.9. The van der Waals surface area contributed by atoms with Crippen LogP contribution in [0.5, 0.6) is 0 Å². The second-order valence-corrected chi connectivity index (χ2v) is 7.94. The number of ether oxygens (including phenoxy) is 3. The number of nitroso groups, excluding NO2 is 2. The summed E-state index contributed by atoms with van der Waals surface area (Å²) in [5.74, 6) is -0.503. The number of allylic oxidation sites excluding steroid dienone is 2. The van der Waals surface area contributed by atoms with E-state index in [0.29, 0.717) is 26.2 Å². The summed E-state index contributed by atoms with van der Waals surface area (Å²) in [6, 6.07) is -0.177. The lowest BCUT2D eigenvalue weighted by Crippen LogP contribution is -2.58. The molecule has 1 saturated carbocycles. The zero-order valence-electron chi connectivity index (χ0n) is 14.9. The molecule has 4 aliphatic rings. The Morgan fingerprint density at radius 3 is 2.44 bits per heavy atom. The summed E-state index contributed by atoms with van der Waals surface area (Å²) in [6.07, 6.45) is 9.17. The molecule has 0 radical (unpaired) electrons. The number of rotatable bonds is 9. The van der Waals surface area contributed by atoms with Crippen molar-refractivity contribution in [1.82, 2.24) is 0 Å². The van der Waals surface area contributed by atoms with Crippen molar-refractivity contribution in [2.75, 3.05) is 26.4 Å². The van der Waals surface area contributed by atoms with Crippen molar-refractivity contribution in [1.29, 1.82) is 0 Å². The fourth-order valence-electron chi connectivity index (χ4n) is 4.06. The first-order valence-corrected chi connectivity index (χ1v) is 9.28. The average molecular weight is 352 g/mol. The molecule has 7 heteroatoms. The Balaban J connectivity index is 1.38. The van der Waals surface area contributed by atoms with Crippen molar-refractivity contribution in [3.8, 4) is 0 Å². The molecule has 4 rings (SSSR count). The Labute approximate surface area is 148 Å². The summed E-state index contributed by atoms with van der Waals surface area (Å²) in [4.78, 5) is 21.5. The van der Waals surface area contributed by atoms with Gasteiger partial charge in [0.05, 0.1) is 32.4 Å². The third-order valence-electron chi connectivity index (χ3n) is 5.73. The number of fused-ring (bicyclic) bond motifs is 3. The molecule has 0 amide bonds. The van der Waals surface area contributed by atoms with Gasteiger partial charge in [-0.3, -0.25) is 0 Å². The minimum Gasteiger partial charge on any atom is -0.327 e. The van der Waals surface area contributed by atoms with Gasteiger partial charge in [0.1, 0.15) is 0 Å². The number of nitrogens with zero attached hydrogens (tertiary/aromatic N) is 2. The van der Waals surface area contributed by atoms with Gasteiger partial charge in [0.15, 0.2) is 0 Å². The molecule has 3 heterocycles. The molecule has 25 heavy (non-hydrogen) atoms. The van der Waals surface area contributed by atoms with E-state index < -0.39 is 5.97 Å². The highest BCUT2D eigenvalue weighted by molar-refractivity contribution is 4.96. The van der Waals surface area contributed by atoms with E-state index in [0.717, 1.165) is 32.1 Å². The largest absolute Gasteiger partial charge is 0.327 e. The number of hydrogen-bond acceptors (Lipinski definition) is 7. The smallest absolute Gasteiger partial charge is 0.282 e. The van der Waals surface area contributed by atoms with Crippen molar-refractivity contribution in [3.63, 3.8) is 0 Å². The van der Waals surface area contributed by atoms with Gasteiger partial charge in [-0.2, -0.15) is 9.81 Å². The molecule has 0 aromatic rings. The average Bonchev–Trinajstić information content (AvgIpc) is 3.01. The lowest BCUT2D eigenvalue weighted by molar-refractivity contribution is -0.467. The minimum absolute atomic E-state index is 0.000984. The monoisotopic (exact) mass is 352 g/mol. The van der Waals surface area contributed by atoms with Gasteiger partial charge < -0.3 is 14.2 Å². The molecule has 0 spiro atoms. The molecule has 7 nitrogen and oxygen atoms in total. The lowest BCUT2D eigenvalue weighted by Gasteiger charge is -2.50. The molecule has 140 valence electrons. The number of hydrogen-bond donors (Lipinski definition) is 0. The zero-order valence-corrected chi connectivity index (χ0v) is 14.9. The predicted octanol–water partition coefficient (Wildman–Crippen LogP) is 3.77.